The summed E-state index contributed by atoms with van der Waals surface area (Å²) in [6, 6.07) is 6.02. The van der Waals surface area contributed by atoms with Crippen LogP contribution in [0.1, 0.15) is 30.5 Å². The third-order valence-electron chi connectivity index (χ3n) is 3.82. The van der Waals surface area contributed by atoms with E-state index in [4.69, 9.17) is 0 Å². The number of halogens is 1. The summed E-state index contributed by atoms with van der Waals surface area (Å²) < 4.78 is 14.3. The van der Waals surface area contributed by atoms with Crippen LogP contribution < -0.4 is 10.9 Å². The van der Waals surface area contributed by atoms with Crippen LogP contribution in [0.2, 0.25) is 0 Å². The number of rotatable bonds is 5. The number of H-pyrrole nitrogens is 1. The average Bonchev–Trinajstić information content (AvgIpc) is 3.24. The van der Waals surface area contributed by atoms with E-state index in [0.29, 0.717) is 30.1 Å². The number of amides is 1. The van der Waals surface area contributed by atoms with Gasteiger partial charge in [-0.05, 0) is 50.5 Å². The Bertz CT molecular complexity index is 742. The molecule has 1 saturated carbocycles. The number of aromatic nitrogens is 2. The third kappa shape index (κ3) is 3.10. The van der Waals surface area contributed by atoms with Crippen LogP contribution in [0.4, 0.5) is 4.39 Å². The second-order valence-electron chi connectivity index (χ2n) is 5.67. The normalized spacial score (nSPS) is 14.1. The summed E-state index contributed by atoms with van der Waals surface area (Å²) in [6.07, 6.45) is 2.79. The Balaban J connectivity index is 1.76. The molecular weight excluding hydrogens is 285 g/mol. The second kappa shape index (κ2) is 5.79. The second-order valence-corrected chi connectivity index (χ2v) is 5.67. The van der Waals surface area contributed by atoms with Crippen molar-refractivity contribution in [2.75, 3.05) is 0 Å². The Kier molecular flexibility index (Phi) is 3.83. The van der Waals surface area contributed by atoms with E-state index in [9.17, 15) is 14.0 Å². The Morgan fingerprint density at radius 3 is 2.68 bits per heavy atom. The van der Waals surface area contributed by atoms with Crippen molar-refractivity contribution in [2.45, 2.75) is 38.6 Å². The third-order valence-corrected chi connectivity index (χ3v) is 3.82. The van der Waals surface area contributed by atoms with Crippen molar-refractivity contribution in [3.05, 3.63) is 51.7 Å². The number of carbonyl (C=O) groups is 1. The van der Waals surface area contributed by atoms with Crippen molar-refractivity contribution < 1.29 is 9.18 Å². The molecule has 0 radical (unpaired) electrons. The number of aromatic amines is 1. The topological polar surface area (TPSA) is 66.9 Å². The Morgan fingerprint density at radius 2 is 2.05 bits per heavy atom. The van der Waals surface area contributed by atoms with Crippen molar-refractivity contribution in [1.29, 1.82) is 0 Å². The zero-order chi connectivity index (χ0) is 15.7. The predicted molar refractivity (Wildman–Crippen MR) is 80.6 cm³/mol. The Hall–Kier alpha value is -2.37. The first-order valence-electron chi connectivity index (χ1n) is 7.40. The van der Waals surface area contributed by atoms with Crippen LogP contribution in [0.25, 0.3) is 5.69 Å². The minimum absolute atomic E-state index is 0.0177. The molecular formula is C16H18FN3O2. The zero-order valence-corrected chi connectivity index (χ0v) is 12.4. The Labute approximate surface area is 127 Å². The minimum Gasteiger partial charge on any atom is -0.353 e. The number of hydrogen-bond donors (Lipinski definition) is 2. The summed E-state index contributed by atoms with van der Waals surface area (Å²) in [4.78, 5) is 24.2. The van der Waals surface area contributed by atoms with Crippen LogP contribution >= 0.6 is 0 Å². The molecule has 22 heavy (non-hydrogen) atoms. The maximum absolute atomic E-state index is 13.0. The van der Waals surface area contributed by atoms with E-state index in [-0.39, 0.29) is 17.3 Å². The van der Waals surface area contributed by atoms with Gasteiger partial charge in [0.2, 0.25) is 5.91 Å². The summed E-state index contributed by atoms with van der Waals surface area (Å²) >= 11 is 0. The highest BCUT2D eigenvalue weighted by molar-refractivity contribution is 5.76. The van der Waals surface area contributed by atoms with Gasteiger partial charge in [0.25, 0.3) is 5.56 Å². The quantitative estimate of drug-likeness (QED) is 0.885. The van der Waals surface area contributed by atoms with E-state index in [0.717, 1.165) is 18.5 Å². The first-order valence-corrected chi connectivity index (χ1v) is 7.40. The van der Waals surface area contributed by atoms with Gasteiger partial charge >= 0.3 is 0 Å². The van der Waals surface area contributed by atoms with Crippen molar-refractivity contribution in [3.63, 3.8) is 0 Å². The summed E-state index contributed by atoms with van der Waals surface area (Å²) in [5.74, 6) is -0.368. The lowest BCUT2D eigenvalue weighted by Gasteiger charge is -2.02. The van der Waals surface area contributed by atoms with Crippen LogP contribution in [-0.2, 0) is 11.2 Å². The first-order chi connectivity index (χ1) is 10.5. The highest BCUT2D eigenvalue weighted by Gasteiger charge is 2.23. The van der Waals surface area contributed by atoms with Gasteiger partial charge in [0.15, 0.2) is 0 Å². The van der Waals surface area contributed by atoms with E-state index < -0.39 is 0 Å². The van der Waals surface area contributed by atoms with Crippen LogP contribution in [0, 0.1) is 12.7 Å². The fourth-order valence-electron chi connectivity index (χ4n) is 2.41. The van der Waals surface area contributed by atoms with Gasteiger partial charge in [0.1, 0.15) is 5.82 Å². The first kappa shape index (κ1) is 14.6. The molecule has 1 amide bonds. The molecule has 1 aromatic carbocycles. The number of nitrogens with one attached hydrogen (secondary N) is 2. The number of nitrogens with zero attached hydrogens (tertiary/aromatic N) is 1. The molecule has 1 aromatic heterocycles. The number of hydrogen-bond acceptors (Lipinski definition) is 2. The van der Waals surface area contributed by atoms with Crippen molar-refractivity contribution in [3.8, 4) is 5.69 Å². The smallest absolute Gasteiger partial charge is 0.274 e. The van der Waals surface area contributed by atoms with Gasteiger partial charge in [-0.1, -0.05) is 0 Å². The molecule has 5 nitrogen and oxygen atoms in total. The monoisotopic (exact) mass is 303 g/mol. The molecule has 0 atom stereocenters. The molecule has 0 spiro atoms. The molecule has 0 saturated heterocycles. The molecule has 6 heteroatoms. The Morgan fingerprint density at radius 1 is 1.36 bits per heavy atom. The molecule has 2 N–H and O–H groups in total. The van der Waals surface area contributed by atoms with E-state index >= 15 is 0 Å². The van der Waals surface area contributed by atoms with Crippen LogP contribution in [0.5, 0.6) is 0 Å². The maximum Gasteiger partial charge on any atom is 0.274 e. The van der Waals surface area contributed by atoms with E-state index in [1.54, 1.807) is 6.92 Å². The highest BCUT2D eigenvalue weighted by atomic mass is 19.1. The van der Waals surface area contributed by atoms with E-state index in [2.05, 4.69) is 10.4 Å². The van der Waals surface area contributed by atoms with Crippen LogP contribution in [-0.4, -0.2) is 21.7 Å². The van der Waals surface area contributed by atoms with E-state index in [1.165, 1.54) is 28.9 Å². The lowest BCUT2D eigenvalue weighted by atomic mass is 10.1. The lowest BCUT2D eigenvalue weighted by molar-refractivity contribution is -0.121. The van der Waals surface area contributed by atoms with Gasteiger partial charge in [0.05, 0.1) is 5.69 Å². The summed E-state index contributed by atoms with van der Waals surface area (Å²) in [5.41, 5.74) is 1.70. The molecule has 0 unspecified atom stereocenters. The van der Waals surface area contributed by atoms with Gasteiger partial charge in [-0.3, -0.25) is 14.7 Å². The minimum atomic E-state index is -0.350. The van der Waals surface area contributed by atoms with Crippen molar-refractivity contribution in [2.24, 2.45) is 0 Å². The maximum atomic E-state index is 13.0. The summed E-state index contributed by atoms with van der Waals surface area (Å²) in [5, 5.41) is 5.88. The van der Waals surface area contributed by atoms with E-state index in [1.807, 2.05) is 0 Å². The van der Waals surface area contributed by atoms with Crippen LogP contribution in [0.15, 0.2) is 29.1 Å². The highest BCUT2D eigenvalue weighted by Crippen LogP contribution is 2.18. The fraction of sp³-hybridized carbons (Fsp3) is 0.375. The van der Waals surface area contributed by atoms with Gasteiger partial charge in [0, 0.05) is 23.7 Å². The van der Waals surface area contributed by atoms with Gasteiger partial charge in [-0.2, -0.15) is 0 Å². The number of benzene rings is 1. The molecule has 116 valence electrons. The van der Waals surface area contributed by atoms with Gasteiger partial charge in [-0.15, -0.1) is 0 Å². The van der Waals surface area contributed by atoms with Crippen molar-refractivity contribution >= 4 is 5.91 Å². The zero-order valence-electron chi connectivity index (χ0n) is 12.4. The molecule has 1 heterocycles. The van der Waals surface area contributed by atoms with Crippen molar-refractivity contribution in [1.82, 2.24) is 15.1 Å². The lowest BCUT2D eigenvalue weighted by Crippen LogP contribution is -2.26. The molecule has 1 fully saturated rings. The molecule has 2 aromatic rings. The van der Waals surface area contributed by atoms with Gasteiger partial charge in [-0.25, -0.2) is 9.07 Å². The molecule has 1 aliphatic rings. The summed E-state index contributed by atoms with van der Waals surface area (Å²) in [7, 11) is 0. The largest absolute Gasteiger partial charge is 0.353 e. The average molecular weight is 303 g/mol. The number of aryl methyl sites for hydroxylation is 1. The summed E-state index contributed by atoms with van der Waals surface area (Å²) in [6.45, 7) is 1.80. The van der Waals surface area contributed by atoms with Crippen LogP contribution in [0.3, 0.4) is 0 Å². The molecule has 0 aliphatic heterocycles. The molecule has 1 aliphatic carbocycles. The van der Waals surface area contributed by atoms with Gasteiger partial charge < -0.3 is 5.32 Å². The SMILES string of the molecule is Cc1[nH]n(-c2ccc(F)cc2)c(=O)c1CCC(=O)NC1CC1. The predicted octanol–water partition coefficient (Wildman–Crippen LogP) is 1.82. The standard InChI is InChI=1S/C16H18FN3O2/c1-10-14(8-9-15(21)18-12-4-5-12)16(22)20(19-10)13-6-2-11(17)3-7-13/h2-3,6-7,12,19H,4-5,8-9H2,1H3,(H,18,21). The fourth-order valence-corrected chi connectivity index (χ4v) is 2.41. The molecule has 3 rings (SSSR count). The number of carbonyl (C=O) groups excluding carboxylic acids is 1. The molecule has 0 bridgehead atoms.